The van der Waals surface area contributed by atoms with E-state index in [4.69, 9.17) is 28.4 Å². The molecular formula is C19H20O7. The van der Waals surface area contributed by atoms with Crippen molar-refractivity contribution in [1.29, 1.82) is 0 Å². The third-order valence-electron chi connectivity index (χ3n) is 4.47. The number of fused-ring (bicyclic) bond motifs is 1. The summed E-state index contributed by atoms with van der Waals surface area (Å²) in [4.78, 5) is 0. The summed E-state index contributed by atoms with van der Waals surface area (Å²) in [6, 6.07) is 8.86. The molecule has 26 heavy (non-hydrogen) atoms. The van der Waals surface area contributed by atoms with E-state index in [1.807, 2.05) is 0 Å². The molecule has 1 fully saturated rings. The first-order valence-corrected chi connectivity index (χ1v) is 8.28. The van der Waals surface area contributed by atoms with Crippen LogP contribution in [-0.4, -0.2) is 39.3 Å². The first kappa shape index (κ1) is 17.0. The summed E-state index contributed by atoms with van der Waals surface area (Å²) in [6.45, 7) is 1.16. The highest BCUT2D eigenvalue weighted by molar-refractivity contribution is 5.53. The number of methoxy groups -OCH3 is 2. The minimum Gasteiger partial charge on any atom is -0.493 e. The largest absolute Gasteiger partial charge is 0.493 e. The molecule has 1 unspecified atom stereocenters. The molecule has 138 valence electrons. The monoisotopic (exact) mass is 360 g/mol. The van der Waals surface area contributed by atoms with Gasteiger partial charge in [-0.3, -0.25) is 0 Å². The van der Waals surface area contributed by atoms with Crippen molar-refractivity contribution < 1.29 is 33.5 Å². The Labute approximate surface area is 151 Å². The van der Waals surface area contributed by atoms with Gasteiger partial charge in [-0.05, 0) is 35.4 Å². The van der Waals surface area contributed by atoms with Crippen LogP contribution in [0, 0.1) is 0 Å². The second-order valence-corrected chi connectivity index (χ2v) is 5.92. The van der Waals surface area contributed by atoms with Crippen molar-refractivity contribution in [2.45, 2.75) is 12.4 Å². The van der Waals surface area contributed by atoms with E-state index in [1.165, 1.54) is 0 Å². The van der Waals surface area contributed by atoms with Gasteiger partial charge in [0.1, 0.15) is 6.10 Å². The molecule has 1 atom stereocenters. The van der Waals surface area contributed by atoms with Gasteiger partial charge in [-0.2, -0.15) is 0 Å². The second kappa shape index (κ2) is 7.03. The predicted octanol–water partition coefficient (Wildman–Crippen LogP) is 2.56. The van der Waals surface area contributed by atoms with Crippen molar-refractivity contribution in [1.82, 2.24) is 0 Å². The van der Waals surface area contributed by atoms with Crippen molar-refractivity contribution >= 4 is 0 Å². The summed E-state index contributed by atoms with van der Waals surface area (Å²) in [5.74, 6) is 2.33. The molecule has 0 spiro atoms. The van der Waals surface area contributed by atoms with Gasteiger partial charge in [-0.25, -0.2) is 0 Å². The van der Waals surface area contributed by atoms with Gasteiger partial charge >= 0.3 is 0 Å². The molecule has 2 heterocycles. The van der Waals surface area contributed by atoms with Crippen molar-refractivity contribution in [2.24, 2.45) is 0 Å². The minimum absolute atomic E-state index is 0.150. The maximum atomic E-state index is 11.0. The molecule has 7 heteroatoms. The second-order valence-electron chi connectivity index (χ2n) is 5.92. The summed E-state index contributed by atoms with van der Waals surface area (Å²) in [6.07, 6.45) is -1.47. The van der Waals surface area contributed by atoms with Crippen molar-refractivity contribution in [3.63, 3.8) is 0 Å². The van der Waals surface area contributed by atoms with Gasteiger partial charge in [-0.1, -0.05) is 6.07 Å². The molecule has 7 nitrogen and oxygen atoms in total. The van der Waals surface area contributed by atoms with E-state index in [-0.39, 0.29) is 6.79 Å². The number of aliphatic hydroxyl groups excluding tert-OH is 1. The lowest BCUT2D eigenvalue weighted by atomic mass is 9.95. The lowest BCUT2D eigenvalue weighted by Gasteiger charge is -2.20. The molecule has 0 saturated carbocycles. The van der Waals surface area contributed by atoms with Crippen molar-refractivity contribution in [3.05, 3.63) is 47.0 Å². The number of hydrogen-bond donors (Lipinski definition) is 1. The highest BCUT2D eigenvalue weighted by Gasteiger charge is 2.29. The fraction of sp³-hybridized carbons (Fsp3) is 0.368. The summed E-state index contributed by atoms with van der Waals surface area (Å²) in [5.41, 5.74) is 2.00. The third-order valence-corrected chi connectivity index (χ3v) is 4.47. The smallest absolute Gasteiger partial charge is 0.231 e. The lowest BCUT2D eigenvalue weighted by Crippen LogP contribution is -2.09. The molecule has 0 amide bonds. The Morgan fingerprint density at radius 2 is 1.65 bits per heavy atom. The number of hydrogen-bond acceptors (Lipinski definition) is 7. The van der Waals surface area contributed by atoms with Crippen LogP contribution >= 0.6 is 0 Å². The Morgan fingerprint density at radius 3 is 2.35 bits per heavy atom. The van der Waals surface area contributed by atoms with E-state index in [0.717, 1.165) is 0 Å². The molecule has 0 bridgehead atoms. The van der Waals surface area contributed by atoms with Crippen LogP contribution < -0.4 is 18.9 Å². The molecule has 2 aliphatic rings. The summed E-state index contributed by atoms with van der Waals surface area (Å²) in [7, 11) is 3.12. The Morgan fingerprint density at radius 1 is 0.962 bits per heavy atom. The fourth-order valence-corrected chi connectivity index (χ4v) is 3.15. The molecule has 2 aromatic rings. The van der Waals surface area contributed by atoms with Crippen LogP contribution in [0.1, 0.15) is 29.1 Å². The Bertz CT molecular complexity index is 799. The first-order valence-electron chi connectivity index (χ1n) is 8.28. The van der Waals surface area contributed by atoms with Gasteiger partial charge in [0.15, 0.2) is 29.3 Å². The van der Waals surface area contributed by atoms with Gasteiger partial charge in [-0.15, -0.1) is 0 Å². The topological polar surface area (TPSA) is 75.6 Å². The van der Waals surface area contributed by atoms with Gasteiger partial charge in [0.25, 0.3) is 0 Å². The predicted molar refractivity (Wildman–Crippen MR) is 90.8 cm³/mol. The molecular weight excluding hydrogens is 340 g/mol. The number of benzene rings is 2. The van der Waals surface area contributed by atoms with Crippen molar-refractivity contribution in [3.8, 4) is 23.0 Å². The zero-order valence-corrected chi connectivity index (χ0v) is 14.6. The van der Waals surface area contributed by atoms with Crippen molar-refractivity contribution in [2.75, 3.05) is 34.2 Å². The van der Waals surface area contributed by atoms with Gasteiger partial charge in [0.05, 0.1) is 27.4 Å². The molecule has 4 rings (SSSR count). The van der Waals surface area contributed by atoms with Crippen LogP contribution in [-0.2, 0) is 9.47 Å². The molecule has 2 aromatic carbocycles. The van der Waals surface area contributed by atoms with Crippen LogP contribution in [0.15, 0.2) is 30.3 Å². The average Bonchev–Trinajstić information content (AvgIpc) is 3.36. The standard InChI is InChI=1S/C19H20O7/c1-21-14-4-3-11(7-15(14)22-2)18(20)12-8-16-17(26-10-25-16)9-13(12)19-23-5-6-24-19/h3-4,7-9,18-20H,5-6,10H2,1-2H3. The van der Waals surface area contributed by atoms with E-state index < -0.39 is 12.4 Å². The maximum absolute atomic E-state index is 11.0. The summed E-state index contributed by atoms with van der Waals surface area (Å²) >= 11 is 0. The fourth-order valence-electron chi connectivity index (χ4n) is 3.15. The quantitative estimate of drug-likeness (QED) is 0.878. The highest BCUT2D eigenvalue weighted by Crippen LogP contribution is 2.43. The zero-order chi connectivity index (χ0) is 18.1. The normalized spacial score (nSPS) is 17.3. The van der Waals surface area contributed by atoms with Crippen LogP contribution in [0.25, 0.3) is 0 Å². The van der Waals surface area contributed by atoms with Gasteiger partial charge in [0, 0.05) is 5.56 Å². The highest BCUT2D eigenvalue weighted by atomic mass is 16.7. The molecule has 0 aliphatic carbocycles. The number of ether oxygens (including phenoxy) is 6. The van der Waals surface area contributed by atoms with Crippen LogP contribution in [0.3, 0.4) is 0 Å². The molecule has 1 N–H and O–H groups in total. The van der Waals surface area contributed by atoms with E-state index in [0.29, 0.717) is 52.9 Å². The minimum atomic E-state index is -0.924. The van der Waals surface area contributed by atoms with E-state index in [1.54, 1.807) is 44.6 Å². The van der Waals surface area contributed by atoms with Crippen LogP contribution in [0.4, 0.5) is 0 Å². The molecule has 0 aromatic heterocycles. The summed E-state index contributed by atoms with van der Waals surface area (Å²) in [5, 5.41) is 11.0. The zero-order valence-electron chi connectivity index (χ0n) is 14.6. The van der Waals surface area contributed by atoms with Crippen LogP contribution in [0.2, 0.25) is 0 Å². The molecule has 0 radical (unpaired) electrons. The number of rotatable bonds is 5. The van der Waals surface area contributed by atoms with E-state index >= 15 is 0 Å². The average molecular weight is 360 g/mol. The number of aliphatic hydroxyl groups is 1. The Kier molecular flexibility index (Phi) is 4.58. The van der Waals surface area contributed by atoms with E-state index in [2.05, 4.69) is 0 Å². The van der Waals surface area contributed by atoms with Gasteiger partial charge < -0.3 is 33.5 Å². The Balaban J connectivity index is 1.76. The molecule has 1 saturated heterocycles. The van der Waals surface area contributed by atoms with Gasteiger partial charge in [0.2, 0.25) is 6.79 Å². The first-order chi connectivity index (χ1) is 12.7. The van der Waals surface area contributed by atoms with E-state index in [9.17, 15) is 5.11 Å². The lowest BCUT2D eigenvalue weighted by molar-refractivity contribution is -0.0457. The molecule has 2 aliphatic heterocycles. The Hall–Kier alpha value is -2.48. The third kappa shape index (κ3) is 2.94. The maximum Gasteiger partial charge on any atom is 0.231 e. The SMILES string of the molecule is COc1ccc(C(O)c2cc3c(cc2C2OCCO2)OCO3)cc1OC. The van der Waals surface area contributed by atoms with Crippen LogP contribution in [0.5, 0.6) is 23.0 Å². The summed E-state index contributed by atoms with van der Waals surface area (Å²) < 4.78 is 32.8.